The molecular weight excluding hydrogens is 374 g/mol. The quantitative estimate of drug-likeness (QED) is 0.562. The van der Waals surface area contributed by atoms with E-state index >= 15 is 0 Å². The molecule has 2 saturated carbocycles. The maximum Gasteiger partial charge on any atom is 0.217 e. The van der Waals surface area contributed by atoms with Crippen molar-refractivity contribution in [3.05, 3.63) is 0 Å². The Bertz CT molecular complexity index is 594. The van der Waals surface area contributed by atoms with Crippen LogP contribution in [0.2, 0.25) is 0 Å². The molecule has 7 atom stereocenters. The van der Waals surface area contributed by atoms with Crippen LogP contribution in [0.15, 0.2) is 0 Å². The van der Waals surface area contributed by atoms with Gasteiger partial charge in [-0.15, -0.1) is 0 Å². The van der Waals surface area contributed by atoms with Gasteiger partial charge in [0.2, 0.25) is 5.91 Å². The zero-order valence-corrected chi connectivity index (χ0v) is 18.9. The van der Waals surface area contributed by atoms with Crippen molar-refractivity contribution in [3.8, 4) is 0 Å². The normalized spacial score (nSPS) is 43.0. The van der Waals surface area contributed by atoms with Crippen LogP contribution in [0.25, 0.3) is 0 Å². The van der Waals surface area contributed by atoms with E-state index in [1.807, 2.05) is 0 Å². The fourth-order valence-corrected chi connectivity index (χ4v) is 7.65. The molecule has 1 amide bonds. The molecule has 3 heterocycles. The van der Waals surface area contributed by atoms with Gasteiger partial charge in [-0.05, 0) is 74.7 Å². The Hall–Kier alpha value is -0.690. The minimum atomic E-state index is 0.112. The second-order valence-electron chi connectivity index (χ2n) is 11.1. The molecule has 170 valence electrons. The second kappa shape index (κ2) is 9.43. The third kappa shape index (κ3) is 4.57. The summed E-state index contributed by atoms with van der Waals surface area (Å²) in [4.78, 5) is 11.5. The van der Waals surface area contributed by atoms with Crippen molar-refractivity contribution in [3.63, 3.8) is 0 Å². The molecule has 3 saturated heterocycles. The number of hydrogen-bond acceptors (Lipinski definition) is 5. The summed E-state index contributed by atoms with van der Waals surface area (Å²) in [7, 11) is 0. The van der Waals surface area contributed by atoms with Gasteiger partial charge < -0.3 is 16.0 Å². The van der Waals surface area contributed by atoms with Gasteiger partial charge in [-0.1, -0.05) is 19.3 Å². The molecule has 7 unspecified atom stereocenters. The highest BCUT2D eigenvalue weighted by Crippen LogP contribution is 2.44. The molecule has 6 nitrogen and oxygen atoms in total. The standard InChI is InChI=1S/C24H43N5O/c1-16(30)28-20-9-19(11-25-12-20)18-7-8-23-21(10-18)22-13-27-29(24(22)14-26-23)15-17-5-3-2-4-6-17/h17-27H,2-15H2,1H3,(H,28,30). The van der Waals surface area contributed by atoms with Gasteiger partial charge in [-0.2, -0.15) is 0 Å². The monoisotopic (exact) mass is 417 g/mol. The third-order valence-corrected chi connectivity index (χ3v) is 9.14. The average Bonchev–Trinajstić information content (AvgIpc) is 3.17. The number of rotatable bonds is 4. The summed E-state index contributed by atoms with van der Waals surface area (Å²) in [5.41, 5.74) is 3.84. The SMILES string of the molecule is CC(=O)NC1CNCC(C2CCC3NCC4C(CNN4CC4CCCCC4)C3C2)C1. The van der Waals surface area contributed by atoms with Crippen molar-refractivity contribution >= 4 is 5.91 Å². The molecule has 0 aromatic rings. The summed E-state index contributed by atoms with van der Waals surface area (Å²) in [6.45, 7) is 7.33. The lowest BCUT2D eigenvalue weighted by Crippen LogP contribution is -2.59. The number of hydrazine groups is 1. The first-order chi connectivity index (χ1) is 14.7. The highest BCUT2D eigenvalue weighted by Gasteiger charge is 2.48. The van der Waals surface area contributed by atoms with E-state index in [2.05, 4.69) is 26.4 Å². The maximum absolute atomic E-state index is 11.5. The zero-order chi connectivity index (χ0) is 20.5. The van der Waals surface area contributed by atoms with Crippen LogP contribution in [-0.2, 0) is 4.79 Å². The molecule has 3 aliphatic heterocycles. The minimum absolute atomic E-state index is 0.112. The lowest BCUT2D eigenvalue weighted by molar-refractivity contribution is -0.119. The summed E-state index contributed by atoms with van der Waals surface area (Å²) in [6.07, 6.45) is 12.4. The van der Waals surface area contributed by atoms with Crippen molar-refractivity contribution in [1.82, 2.24) is 26.4 Å². The summed E-state index contributed by atoms with van der Waals surface area (Å²) < 4.78 is 0. The molecular formula is C24H43N5O. The first-order valence-corrected chi connectivity index (χ1v) is 12.9. The van der Waals surface area contributed by atoms with Crippen LogP contribution in [0.1, 0.15) is 64.7 Å². The number of carbonyl (C=O) groups excluding carboxylic acids is 1. The molecule has 0 aromatic carbocycles. The molecule has 0 bridgehead atoms. The Labute approximate surface area is 182 Å². The molecule has 5 rings (SSSR count). The highest BCUT2D eigenvalue weighted by atomic mass is 16.1. The Kier molecular flexibility index (Phi) is 6.66. The van der Waals surface area contributed by atoms with Crippen molar-refractivity contribution in [2.45, 2.75) is 82.8 Å². The van der Waals surface area contributed by atoms with Crippen LogP contribution in [-0.4, -0.2) is 61.8 Å². The van der Waals surface area contributed by atoms with Crippen LogP contribution >= 0.6 is 0 Å². The molecule has 30 heavy (non-hydrogen) atoms. The van der Waals surface area contributed by atoms with E-state index in [1.165, 1.54) is 71.0 Å². The molecule has 0 radical (unpaired) electrons. The largest absolute Gasteiger partial charge is 0.352 e. The van der Waals surface area contributed by atoms with Gasteiger partial charge >= 0.3 is 0 Å². The number of fused-ring (bicyclic) bond motifs is 3. The lowest BCUT2D eigenvalue weighted by atomic mass is 9.64. The Morgan fingerprint density at radius 1 is 0.933 bits per heavy atom. The summed E-state index contributed by atoms with van der Waals surface area (Å²) in [5.74, 6) is 4.16. The van der Waals surface area contributed by atoms with Gasteiger partial charge in [-0.25, -0.2) is 5.01 Å². The van der Waals surface area contributed by atoms with Crippen molar-refractivity contribution in [2.24, 2.45) is 29.6 Å². The van der Waals surface area contributed by atoms with Crippen LogP contribution in [0, 0.1) is 29.6 Å². The Morgan fingerprint density at radius 3 is 2.63 bits per heavy atom. The van der Waals surface area contributed by atoms with Crippen molar-refractivity contribution in [1.29, 1.82) is 0 Å². The fraction of sp³-hybridized carbons (Fsp3) is 0.958. The van der Waals surface area contributed by atoms with Crippen molar-refractivity contribution < 1.29 is 4.79 Å². The van der Waals surface area contributed by atoms with E-state index in [0.717, 1.165) is 49.2 Å². The number of amides is 1. The summed E-state index contributed by atoms with van der Waals surface area (Å²) in [5, 5.41) is 13.4. The van der Waals surface area contributed by atoms with Crippen LogP contribution in [0.4, 0.5) is 0 Å². The van der Waals surface area contributed by atoms with Gasteiger partial charge in [0.25, 0.3) is 0 Å². The van der Waals surface area contributed by atoms with Gasteiger partial charge in [0.15, 0.2) is 0 Å². The number of hydrogen-bond donors (Lipinski definition) is 4. The van der Waals surface area contributed by atoms with E-state index in [-0.39, 0.29) is 5.91 Å². The highest BCUT2D eigenvalue weighted by molar-refractivity contribution is 5.73. The molecule has 0 spiro atoms. The van der Waals surface area contributed by atoms with E-state index in [4.69, 9.17) is 0 Å². The number of piperidine rings is 2. The molecule has 4 N–H and O–H groups in total. The smallest absolute Gasteiger partial charge is 0.217 e. The number of nitrogens with one attached hydrogen (secondary N) is 4. The molecule has 5 fully saturated rings. The van der Waals surface area contributed by atoms with Gasteiger partial charge in [0, 0.05) is 51.2 Å². The Morgan fingerprint density at radius 2 is 1.80 bits per heavy atom. The topological polar surface area (TPSA) is 68.4 Å². The van der Waals surface area contributed by atoms with Crippen LogP contribution in [0.5, 0.6) is 0 Å². The van der Waals surface area contributed by atoms with Gasteiger partial charge in [-0.3, -0.25) is 10.2 Å². The van der Waals surface area contributed by atoms with E-state index in [1.54, 1.807) is 6.92 Å². The van der Waals surface area contributed by atoms with E-state index in [9.17, 15) is 4.79 Å². The van der Waals surface area contributed by atoms with E-state index < -0.39 is 0 Å². The summed E-state index contributed by atoms with van der Waals surface area (Å²) in [6, 6.07) is 1.72. The predicted octanol–water partition coefficient (Wildman–Crippen LogP) is 1.87. The number of carbonyl (C=O) groups is 1. The molecule has 0 aromatic heterocycles. The van der Waals surface area contributed by atoms with Crippen LogP contribution in [0.3, 0.4) is 0 Å². The van der Waals surface area contributed by atoms with Gasteiger partial charge in [0.05, 0.1) is 0 Å². The molecule has 6 heteroatoms. The second-order valence-corrected chi connectivity index (χ2v) is 11.1. The molecule has 5 aliphatic rings. The first-order valence-electron chi connectivity index (χ1n) is 12.9. The Balaban J connectivity index is 1.19. The number of nitrogens with zero attached hydrogens (tertiary/aromatic N) is 1. The fourth-order valence-electron chi connectivity index (χ4n) is 7.65. The minimum Gasteiger partial charge on any atom is -0.352 e. The lowest BCUT2D eigenvalue weighted by Gasteiger charge is -2.49. The van der Waals surface area contributed by atoms with Crippen molar-refractivity contribution in [2.75, 3.05) is 32.7 Å². The zero-order valence-electron chi connectivity index (χ0n) is 18.9. The first kappa shape index (κ1) is 21.2. The predicted molar refractivity (Wildman–Crippen MR) is 120 cm³/mol. The van der Waals surface area contributed by atoms with Crippen LogP contribution < -0.4 is 21.4 Å². The van der Waals surface area contributed by atoms with Gasteiger partial charge in [0.1, 0.15) is 0 Å². The third-order valence-electron chi connectivity index (χ3n) is 9.14. The molecule has 2 aliphatic carbocycles. The summed E-state index contributed by atoms with van der Waals surface area (Å²) >= 11 is 0. The van der Waals surface area contributed by atoms with E-state index in [0.29, 0.717) is 18.0 Å². The maximum atomic E-state index is 11.5. The average molecular weight is 418 g/mol.